The van der Waals surface area contributed by atoms with Gasteiger partial charge in [0.15, 0.2) is 4.80 Å². The third kappa shape index (κ3) is 3.64. The lowest BCUT2D eigenvalue weighted by Crippen LogP contribution is -2.39. The van der Waals surface area contributed by atoms with Gasteiger partial charge in [-0.3, -0.25) is 9.36 Å². The molecular formula is C22H20N2O4S2. The van der Waals surface area contributed by atoms with Gasteiger partial charge in [-0.05, 0) is 49.1 Å². The number of allylic oxidation sites excluding steroid dienone is 1. The summed E-state index contributed by atoms with van der Waals surface area (Å²) in [5.74, 6) is 0.271. The van der Waals surface area contributed by atoms with Crippen molar-refractivity contribution in [2.75, 3.05) is 13.7 Å². The molecule has 0 spiro atoms. The van der Waals surface area contributed by atoms with Gasteiger partial charge in [0.05, 0.1) is 29.5 Å². The molecule has 0 radical (unpaired) electrons. The van der Waals surface area contributed by atoms with Gasteiger partial charge in [-0.2, -0.15) is 0 Å². The van der Waals surface area contributed by atoms with Crippen molar-refractivity contribution in [3.8, 4) is 5.75 Å². The normalized spacial score (nSPS) is 16.2. The molecule has 2 aromatic heterocycles. The molecule has 0 amide bonds. The van der Waals surface area contributed by atoms with E-state index < -0.39 is 12.0 Å². The first-order chi connectivity index (χ1) is 14.5. The van der Waals surface area contributed by atoms with Crippen LogP contribution in [0.15, 0.2) is 62.8 Å². The van der Waals surface area contributed by atoms with Crippen LogP contribution in [0.3, 0.4) is 0 Å². The summed E-state index contributed by atoms with van der Waals surface area (Å²) in [6, 6.07) is 10.8. The van der Waals surface area contributed by atoms with Gasteiger partial charge in [0.2, 0.25) is 0 Å². The van der Waals surface area contributed by atoms with Gasteiger partial charge < -0.3 is 9.47 Å². The van der Waals surface area contributed by atoms with Gasteiger partial charge >= 0.3 is 5.97 Å². The lowest BCUT2D eigenvalue weighted by atomic mass is 10.0. The van der Waals surface area contributed by atoms with Crippen molar-refractivity contribution >= 4 is 34.7 Å². The zero-order valence-electron chi connectivity index (χ0n) is 16.7. The molecule has 1 aliphatic heterocycles. The molecule has 8 heteroatoms. The lowest BCUT2D eigenvalue weighted by molar-refractivity contribution is -0.139. The summed E-state index contributed by atoms with van der Waals surface area (Å²) >= 11 is 2.80. The first-order valence-corrected chi connectivity index (χ1v) is 11.1. The predicted octanol–water partition coefficient (Wildman–Crippen LogP) is 2.87. The summed E-state index contributed by atoms with van der Waals surface area (Å²) in [5, 5.41) is 1.93. The Hall–Kier alpha value is -2.97. The molecule has 6 nitrogen and oxygen atoms in total. The first-order valence-electron chi connectivity index (χ1n) is 9.40. The number of methoxy groups -OCH3 is 1. The second kappa shape index (κ2) is 8.41. The van der Waals surface area contributed by atoms with Crippen molar-refractivity contribution in [1.82, 2.24) is 4.57 Å². The number of ether oxygens (including phenoxy) is 2. The number of esters is 1. The molecule has 0 saturated carbocycles. The van der Waals surface area contributed by atoms with Crippen LogP contribution in [0, 0.1) is 0 Å². The molecule has 0 aliphatic carbocycles. The van der Waals surface area contributed by atoms with E-state index in [-0.39, 0.29) is 12.2 Å². The lowest BCUT2D eigenvalue weighted by Gasteiger charge is -2.23. The van der Waals surface area contributed by atoms with Gasteiger partial charge in [0.25, 0.3) is 5.56 Å². The van der Waals surface area contributed by atoms with E-state index in [9.17, 15) is 9.59 Å². The van der Waals surface area contributed by atoms with E-state index >= 15 is 0 Å². The highest BCUT2D eigenvalue weighted by molar-refractivity contribution is 7.10. The minimum atomic E-state index is -0.548. The van der Waals surface area contributed by atoms with Crippen LogP contribution in [0.25, 0.3) is 6.08 Å². The number of hydrogen-bond acceptors (Lipinski definition) is 7. The zero-order chi connectivity index (χ0) is 21.3. The standard InChI is InChI=1S/C22H20N2O4S2/c1-4-28-21(26)18-13(2)23-22-24(19(18)16-9-6-10-29-16)20(25)17(30-22)12-14-7-5-8-15(11-14)27-3/h5-12,19H,4H2,1-3H3/t19-/m0/s1. The number of hydrogen-bond donors (Lipinski definition) is 0. The van der Waals surface area contributed by atoms with E-state index in [2.05, 4.69) is 4.99 Å². The van der Waals surface area contributed by atoms with E-state index in [1.54, 1.807) is 25.5 Å². The quantitative estimate of drug-likeness (QED) is 0.572. The fraction of sp³-hybridized carbons (Fsp3) is 0.227. The van der Waals surface area contributed by atoms with Crippen molar-refractivity contribution in [2.45, 2.75) is 19.9 Å². The summed E-state index contributed by atoms with van der Waals surface area (Å²) in [5.41, 5.74) is 1.64. The maximum absolute atomic E-state index is 13.4. The summed E-state index contributed by atoms with van der Waals surface area (Å²) in [7, 11) is 1.60. The monoisotopic (exact) mass is 440 g/mol. The highest BCUT2D eigenvalue weighted by Gasteiger charge is 2.33. The molecule has 154 valence electrons. The smallest absolute Gasteiger partial charge is 0.338 e. The topological polar surface area (TPSA) is 69.9 Å². The van der Waals surface area contributed by atoms with Crippen molar-refractivity contribution in [3.63, 3.8) is 0 Å². The summed E-state index contributed by atoms with van der Waals surface area (Å²) in [6.45, 7) is 3.80. The number of carbonyl (C=O) groups excluding carboxylic acids is 1. The Morgan fingerprint density at radius 1 is 1.30 bits per heavy atom. The number of nitrogens with zero attached hydrogens (tertiary/aromatic N) is 2. The Bertz CT molecular complexity index is 1300. The van der Waals surface area contributed by atoms with Crippen molar-refractivity contribution in [3.05, 3.63) is 83.2 Å². The van der Waals surface area contributed by atoms with Crippen LogP contribution in [0.4, 0.5) is 0 Å². The Morgan fingerprint density at radius 2 is 2.13 bits per heavy atom. The predicted molar refractivity (Wildman–Crippen MR) is 118 cm³/mol. The van der Waals surface area contributed by atoms with E-state index in [0.29, 0.717) is 26.4 Å². The first kappa shape index (κ1) is 20.3. The average Bonchev–Trinajstić information content (AvgIpc) is 3.36. The molecule has 0 saturated heterocycles. The molecule has 0 N–H and O–H groups in total. The van der Waals surface area contributed by atoms with Crippen molar-refractivity contribution in [2.24, 2.45) is 4.99 Å². The van der Waals surface area contributed by atoms with Crippen LogP contribution in [0.2, 0.25) is 0 Å². The van der Waals surface area contributed by atoms with Crippen LogP contribution < -0.4 is 19.6 Å². The van der Waals surface area contributed by atoms with Crippen LogP contribution in [0.5, 0.6) is 5.75 Å². The molecule has 1 aliphatic rings. The van der Waals surface area contributed by atoms with E-state index in [0.717, 1.165) is 10.4 Å². The second-order valence-electron chi connectivity index (χ2n) is 6.59. The Balaban J connectivity index is 1.92. The summed E-state index contributed by atoms with van der Waals surface area (Å²) in [4.78, 5) is 32.2. The fourth-order valence-electron chi connectivity index (χ4n) is 3.39. The summed E-state index contributed by atoms with van der Waals surface area (Å²) < 4.78 is 12.7. The number of thiazole rings is 1. The van der Waals surface area contributed by atoms with Crippen molar-refractivity contribution in [1.29, 1.82) is 0 Å². The second-order valence-corrected chi connectivity index (χ2v) is 8.58. The molecule has 1 atom stereocenters. The average molecular weight is 441 g/mol. The van der Waals surface area contributed by atoms with Crippen LogP contribution >= 0.6 is 22.7 Å². The highest BCUT2D eigenvalue weighted by atomic mass is 32.1. The van der Waals surface area contributed by atoms with E-state index in [4.69, 9.17) is 9.47 Å². The fourth-order valence-corrected chi connectivity index (χ4v) is 5.26. The third-order valence-corrected chi connectivity index (χ3v) is 6.63. The Kier molecular flexibility index (Phi) is 5.69. The third-order valence-electron chi connectivity index (χ3n) is 4.72. The minimum Gasteiger partial charge on any atom is -0.497 e. The molecule has 4 rings (SSSR count). The molecular weight excluding hydrogens is 420 g/mol. The molecule has 1 aromatic carbocycles. The maximum Gasteiger partial charge on any atom is 0.338 e. The number of rotatable bonds is 5. The number of aromatic nitrogens is 1. The number of benzene rings is 1. The van der Waals surface area contributed by atoms with Gasteiger partial charge in [0, 0.05) is 4.88 Å². The van der Waals surface area contributed by atoms with Crippen molar-refractivity contribution < 1.29 is 14.3 Å². The van der Waals surface area contributed by atoms with Gasteiger partial charge in [-0.25, -0.2) is 9.79 Å². The SMILES string of the molecule is CCOC(=O)C1=C(C)N=c2sc(=Cc3cccc(OC)c3)c(=O)n2[C@H]1c1cccs1. The molecule has 3 heterocycles. The Labute approximate surface area is 181 Å². The molecule has 0 unspecified atom stereocenters. The number of fused-ring (bicyclic) bond motifs is 1. The summed E-state index contributed by atoms with van der Waals surface area (Å²) in [6.07, 6.45) is 1.82. The molecule has 30 heavy (non-hydrogen) atoms. The highest BCUT2D eigenvalue weighted by Crippen LogP contribution is 2.33. The number of carbonyl (C=O) groups is 1. The molecule has 0 bridgehead atoms. The zero-order valence-corrected chi connectivity index (χ0v) is 18.4. The number of thiophene rings is 1. The van der Waals surface area contributed by atoms with Gasteiger partial charge in [-0.15, -0.1) is 11.3 Å². The maximum atomic E-state index is 13.4. The largest absolute Gasteiger partial charge is 0.497 e. The van der Waals surface area contributed by atoms with Crippen LogP contribution in [-0.4, -0.2) is 24.3 Å². The Morgan fingerprint density at radius 3 is 2.83 bits per heavy atom. The van der Waals surface area contributed by atoms with Crippen LogP contribution in [0.1, 0.15) is 30.3 Å². The minimum absolute atomic E-state index is 0.186. The van der Waals surface area contributed by atoms with Gasteiger partial charge in [-0.1, -0.05) is 29.5 Å². The van der Waals surface area contributed by atoms with E-state index in [1.807, 2.05) is 47.9 Å². The molecule has 0 fully saturated rings. The van der Waals surface area contributed by atoms with E-state index in [1.165, 1.54) is 22.7 Å². The van der Waals surface area contributed by atoms with Gasteiger partial charge in [0.1, 0.15) is 11.8 Å². The molecule has 3 aromatic rings. The van der Waals surface area contributed by atoms with Crippen LogP contribution in [-0.2, 0) is 9.53 Å².